The molecule has 1 heterocycles. The second-order valence-corrected chi connectivity index (χ2v) is 5.29. The Morgan fingerprint density at radius 1 is 1.32 bits per heavy atom. The van der Waals surface area contributed by atoms with Crippen molar-refractivity contribution in [3.05, 3.63) is 43.0 Å². The fourth-order valence-electron chi connectivity index (χ4n) is 2.13. The Kier molecular flexibility index (Phi) is 9.75. The van der Waals surface area contributed by atoms with E-state index in [1.165, 1.54) is 0 Å². The van der Waals surface area contributed by atoms with Crippen molar-refractivity contribution in [2.75, 3.05) is 27.2 Å². The van der Waals surface area contributed by atoms with Crippen LogP contribution in [0.3, 0.4) is 0 Å². The van der Waals surface area contributed by atoms with Gasteiger partial charge in [-0.05, 0) is 19.1 Å². The van der Waals surface area contributed by atoms with Crippen molar-refractivity contribution in [3.8, 4) is 11.5 Å². The van der Waals surface area contributed by atoms with E-state index in [-0.39, 0.29) is 30.1 Å². The standard InChI is InChI=1S/C17H25N5O2.HI/c1-14(24-16-6-4-5-15(11-16)23-3)12-21-17(18-2)20-8-10-22-9-7-19-13-22;/h4-7,9,11,13-14H,8,10,12H2,1-3H3,(H2,18,20,21);1H. The second kappa shape index (κ2) is 11.6. The van der Waals surface area contributed by atoms with E-state index in [1.807, 2.05) is 42.0 Å². The van der Waals surface area contributed by atoms with E-state index in [9.17, 15) is 0 Å². The zero-order valence-electron chi connectivity index (χ0n) is 14.8. The summed E-state index contributed by atoms with van der Waals surface area (Å²) in [5.74, 6) is 2.31. The van der Waals surface area contributed by atoms with Gasteiger partial charge in [-0.1, -0.05) is 6.07 Å². The fraction of sp³-hybridized carbons (Fsp3) is 0.412. The molecule has 7 nitrogen and oxygen atoms in total. The number of hydrogen-bond donors (Lipinski definition) is 2. The fourth-order valence-corrected chi connectivity index (χ4v) is 2.13. The lowest BCUT2D eigenvalue weighted by Gasteiger charge is -2.18. The summed E-state index contributed by atoms with van der Waals surface area (Å²) in [6.45, 7) is 4.24. The molecule has 0 fully saturated rings. The SMILES string of the molecule is CN=C(NCCn1ccnc1)NCC(C)Oc1cccc(OC)c1.I. The highest BCUT2D eigenvalue weighted by molar-refractivity contribution is 14.0. The van der Waals surface area contributed by atoms with Crippen molar-refractivity contribution in [2.24, 2.45) is 4.99 Å². The van der Waals surface area contributed by atoms with Gasteiger partial charge in [0.2, 0.25) is 0 Å². The maximum atomic E-state index is 5.88. The molecule has 0 saturated heterocycles. The molecule has 1 unspecified atom stereocenters. The van der Waals surface area contributed by atoms with Gasteiger partial charge >= 0.3 is 0 Å². The minimum atomic E-state index is -0.00990. The molecule has 2 rings (SSSR count). The third-order valence-corrected chi connectivity index (χ3v) is 3.38. The maximum Gasteiger partial charge on any atom is 0.191 e. The Morgan fingerprint density at radius 2 is 2.12 bits per heavy atom. The van der Waals surface area contributed by atoms with Crippen LogP contribution in [0.4, 0.5) is 0 Å². The third-order valence-electron chi connectivity index (χ3n) is 3.38. The van der Waals surface area contributed by atoms with Crippen LogP contribution in [-0.4, -0.2) is 48.9 Å². The average Bonchev–Trinajstić information content (AvgIpc) is 3.11. The summed E-state index contributed by atoms with van der Waals surface area (Å²) >= 11 is 0. The maximum absolute atomic E-state index is 5.88. The number of benzene rings is 1. The van der Waals surface area contributed by atoms with E-state index < -0.39 is 0 Å². The molecule has 0 aliphatic carbocycles. The molecule has 0 aliphatic heterocycles. The third kappa shape index (κ3) is 7.63. The molecular weight excluding hydrogens is 433 g/mol. The van der Waals surface area contributed by atoms with Gasteiger partial charge in [0.15, 0.2) is 5.96 Å². The van der Waals surface area contributed by atoms with Crippen LogP contribution in [0.5, 0.6) is 11.5 Å². The quantitative estimate of drug-likeness (QED) is 0.360. The molecule has 0 aliphatic rings. The second-order valence-electron chi connectivity index (χ2n) is 5.29. The van der Waals surface area contributed by atoms with Crippen molar-refractivity contribution in [1.29, 1.82) is 0 Å². The van der Waals surface area contributed by atoms with Gasteiger partial charge in [0.25, 0.3) is 0 Å². The van der Waals surface area contributed by atoms with Gasteiger partial charge in [-0.3, -0.25) is 4.99 Å². The van der Waals surface area contributed by atoms with E-state index in [1.54, 1.807) is 26.7 Å². The van der Waals surface area contributed by atoms with Crippen LogP contribution in [0, 0.1) is 0 Å². The molecule has 1 aromatic carbocycles. The number of ether oxygens (including phenoxy) is 2. The number of hydrogen-bond acceptors (Lipinski definition) is 4. The topological polar surface area (TPSA) is 72.7 Å². The number of rotatable bonds is 8. The van der Waals surface area contributed by atoms with Crippen molar-refractivity contribution in [1.82, 2.24) is 20.2 Å². The lowest BCUT2D eigenvalue weighted by atomic mass is 10.3. The van der Waals surface area contributed by atoms with E-state index in [4.69, 9.17) is 9.47 Å². The first-order chi connectivity index (χ1) is 11.7. The molecule has 1 atom stereocenters. The van der Waals surface area contributed by atoms with Crippen LogP contribution in [-0.2, 0) is 6.54 Å². The number of imidazole rings is 1. The highest BCUT2D eigenvalue weighted by atomic mass is 127. The molecule has 0 spiro atoms. The number of nitrogens with one attached hydrogen (secondary N) is 2. The van der Waals surface area contributed by atoms with E-state index in [0.29, 0.717) is 6.54 Å². The van der Waals surface area contributed by atoms with Crippen molar-refractivity contribution in [2.45, 2.75) is 19.6 Å². The Morgan fingerprint density at radius 3 is 2.80 bits per heavy atom. The molecular formula is C17H26IN5O2. The molecule has 1 aromatic heterocycles. The smallest absolute Gasteiger partial charge is 0.191 e. The highest BCUT2D eigenvalue weighted by Crippen LogP contribution is 2.19. The number of aromatic nitrogens is 2. The van der Waals surface area contributed by atoms with Crippen molar-refractivity contribution >= 4 is 29.9 Å². The van der Waals surface area contributed by atoms with Gasteiger partial charge < -0.3 is 24.7 Å². The van der Waals surface area contributed by atoms with Crippen molar-refractivity contribution < 1.29 is 9.47 Å². The first kappa shape index (κ1) is 21.1. The van der Waals surface area contributed by atoms with E-state index in [0.717, 1.165) is 30.5 Å². The summed E-state index contributed by atoms with van der Waals surface area (Å²) in [5.41, 5.74) is 0. The van der Waals surface area contributed by atoms with Gasteiger partial charge in [0.1, 0.15) is 17.6 Å². The first-order valence-electron chi connectivity index (χ1n) is 7.92. The van der Waals surface area contributed by atoms with E-state index >= 15 is 0 Å². The lowest BCUT2D eigenvalue weighted by molar-refractivity contribution is 0.223. The Hall–Kier alpha value is -1.97. The zero-order chi connectivity index (χ0) is 17.2. The number of halogens is 1. The zero-order valence-corrected chi connectivity index (χ0v) is 17.1. The largest absolute Gasteiger partial charge is 0.497 e. The van der Waals surface area contributed by atoms with Gasteiger partial charge in [-0.2, -0.15) is 0 Å². The first-order valence-corrected chi connectivity index (χ1v) is 7.92. The predicted molar refractivity (Wildman–Crippen MR) is 110 cm³/mol. The van der Waals surface area contributed by atoms with E-state index in [2.05, 4.69) is 20.6 Å². The predicted octanol–water partition coefficient (Wildman–Crippen LogP) is 2.14. The minimum Gasteiger partial charge on any atom is -0.497 e. The van der Waals surface area contributed by atoms with Gasteiger partial charge in [-0.25, -0.2) is 4.98 Å². The molecule has 2 aromatic rings. The minimum absolute atomic E-state index is 0. The normalized spacial score (nSPS) is 12.0. The number of aliphatic imine (C=N–C) groups is 1. The number of guanidine groups is 1. The summed E-state index contributed by atoms with van der Waals surface area (Å²) in [4.78, 5) is 8.22. The van der Waals surface area contributed by atoms with Crippen LogP contribution >= 0.6 is 24.0 Å². The van der Waals surface area contributed by atoms with Crippen LogP contribution in [0.25, 0.3) is 0 Å². The molecule has 0 radical (unpaired) electrons. The van der Waals surface area contributed by atoms with Gasteiger partial charge in [-0.15, -0.1) is 24.0 Å². The summed E-state index contributed by atoms with van der Waals surface area (Å²) < 4.78 is 13.1. The summed E-state index contributed by atoms with van der Waals surface area (Å²) in [6.07, 6.45) is 5.48. The molecule has 0 saturated carbocycles. The molecule has 8 heteroatoms. The number of methoxy groups -OCH3 is 1. The van der Waals surface area contributed by atoms with Crippen LogP contribution < -0.4 is 20.1 Å². The van der Waals surface area contributed by atoms with Gasteiger partial charge in [0.05, 0.1) is 20.0 Å². The highest BCUT2D eigenvalue weighted by Gasteiger charge is 2.06. The van der Waals surface area contributed by atoms with Crippen LogP contribution in [0.2, 0.25) is 0 Å². The summed E-state index contributed by atoms with van der Waals surface area (Å²) in [6, 6.07) is 7.58. The Balaban J connectivity index is 0.00000312. The molecule has 0 bridgehead atoms. The molecule has 2 N–H and O–H groups in total. The van der Waals surface area contributed by atoms with Crippen molar-refractivity contribution in [3.63, 3.8) is 0 Å². The Bertz CT molecular complexity index is 634. The monoisotopic (exact) mass is 459 g/mol. The van der Waals surface area contributed by atoms with Gasteiger partial charge in [0, 0.05) is 38.6 Å². The summed E-state index contributed by atoms with van der Waals surface area (Å²) in [7, 11) is 3.39. The lowest BCUT2D eigenvalue weighted by Crippen LogP contribution is -2.42. The molecule has 0 amide bonds. The molecule has 25 heavy (non-hydrogen) atoms. The summed E-state index contributed by atoms with van der Waals surface area (Å²) in [5, 5.41) is 6.52. The molecule has 138 valence electrons. The average molecular weight is 459 g/mol. The number of nitrogens with zero attached hydrogens (tertiary/aromatic N) is 3. The Labute approximate surface area is 165 Å². The van der Waals surface area contributed by atoms with Crippen LogP contribution in [0.1, 0.15) is 6.92 Å². The van der Waals surface area contributed by atoms with Crippen LogP contribution in [0.15, 0.2) is 48.0 Å².